The number of H-pyrrole nitrogens is 1. The molecule has 2 unspecified atom stereocenters. The Hall–Kier alpha value is -2.81. The first-order chi connectivity index (χ1) is 19.0. The number of ether oxygens (including phenoxy) is 2. The Morgan fingerprint density at radius 1 is 1.12 bits per heavy atom. The lowest BCUT2D eigenvalue weighted by atomic mass is 9.88. The lowest BCUT2D eigenvalue weighted by Gasteiger charge is -2.38. The monoisotopic (exact) mass is 590 g/mol. The van der Waals surface area contributed by atoms with Crippen molar-refractivity contribution >= 4 is 19.9 Å². The number of hydrogen-bond donors (Lipinski definition) is 3. The van der Waals surface area contributed by atoms with Gasteiger partial charge in [0.1, 0.15) is 18.5 Å². The van der Waals surface area contributed by atoms with Crippen LogP contribution in [-0.2, 0) is 24.6 Å². The second-order valence-corrected chi connectivity index (χ2v) is 14.4. The van der Waals surface area contributed by atoms with E-state index in [1.807, 2.05) is 6.07 Å². The van der Waals surface area contributed by atoms with E-state index in [0.29, 0.717) is 38.3 Å². The van der Waals surface area contributed by atoms with Gasteiger partial charge in [0.25, 0.3) is 0 Å². The number of sulfone groups is 1. The number of rotatable bonds is 10. The van der Waals surface area contributed by atoms with Crippen LogP contribution < -0.4 is 10.1 Å². The van der Waals surface area contributed by atoms with E-state index in [0.717, 1.165) is 23.8 Å². The average molecular weight is 591 g/mol. The number of aliphatic hydroxyl groups is 1. The summed E-state index contributed by atoms with van der Waals surface area (Å²) in [6.07, 6.45) is 5.62. The molecule has 0 aliphatic carbocycles. The Morgan fingerprint density at radius 2 is 1.88 bits per heavy atom. The maximum Gasteiger partial charge on any atom is 0.243 e. The fourth-order valence-corrected chi connectivity index (χ4v) is 7.34. The molecule has 40 heavy (non-hydrogen) atoms. The molecule has 2 aromatic carbocycles. The van der Waals surface area contributed by atoms with Crippen LogP contribution in [0.15, 0.2) is 70.7 Å². The molecule has 2 aliphatic heterocycles. The molecule has 2 saturated heterocycles. The number of nitrogens with one attached hydrogen (secondary N) is 2. The maximum atomic E-state index is 13.4. The number of sulfonamides is 1. The maximum absolute atomic E-state index is 13.4. The predicted octanol–water partition coefficient (Wildman–Crippen LogP) is 1.82. The van der Waals surface area contributed by atoms with Crippen LogP contribution in [0.2, 0.25) is 0 Å². The minimum atomic E-state index is -3.65. The molecule has 5 rings (SSSR count). The van der Waals surface area contributed by atoms with Crippen LogP contribution in [0, 0.1) is 0 Å². The van der Waals surface area contributed by atoms with E-state index in [1.165, 1.54) is 16.4 Å². The first kappa shape index (κ1) is 28.7. The van der Waals surface area contributed by atoms with Gasteiger partial charge in [0.15, 0.2) is 9.84 Å². The Bertz CT molecular complexity index is 1520. The number of benzene rings is 2. The number of aromatic amines is 1. The molecule has 11 nitrogen and oxygen atoms in total. The molecule has 1 aromatic heterocycles. The van der Waals surface area contributed by atoms with Crippen LogP contribution in [-0.4, -0.2) is 93.3 Å². The fourth-order valence-electron chi connectivity index (χ4n) is 5.20. The van der Waals surface area contributed by atoms with Crippen molar-refractivity contribution in [3.8, 4) is 16.9 Å². The Balaban J connectivity index is 1.09. The summed E-state index contributed by atoms with van der Waals surface area (Å²) in [6, 6.07) is 13.1. The fraction of sp³-hybridized carbons (Fsp3) is 0.444. The standard InChI is InChI=1S/C27H34N4O7S2/c1-39(33,34)25-6-3-5-24(13-25)37-19-23(32)17-28-22-14-27(38-18-22)8-10-31(11-9-27)40(35,36)26-7-2-4-20(12-26)21-15-29-30-16-21/h2-7,12-13,15-16,22-23,28,32H,8-11,14,17-19H2,1H3,(H,29,30). The second kappa shape index (κ2) is 11.6. The Labute approximate surface area is 234 Å². The SMILES string of the molecule is CS(=O)(=O)c1cccc(OCC(O)CNC2COC3(CCN(S(=O)(=O)c4cccc(-c5cn[nH]c5)c4)CC3)C2)c1. The van der Waals surface area contributed by atoms with Gasteiger partial charge >= 0.3 is 0 Å². The first-order valence-corrected chi connectivity index (χ1v) is 16.4. The molecule has 3 heterocycles. The summed E-state index contributed by atoms with van der Waals surface area (Å²) in [6.45, 7) is 1.50. The van der Waals surface area contributed by atoms with Crippen molar-refractivity contribution in [2.75, 3.05) is 39.1 Å². The summed E-state index contributed by atoms with van der Waals surface area (Å²) in [4.78, 5) is 0.418. The predicted molar refractivity (Wildman–Crippen MR) is 148 cm³/mol. The largest absolute Gasteiger partial charge is 0.491 e. The van der Waals surface area contributed by atoms with Crippen molar-refractivity contribution < 1.29 is 31.4 Å². The zero-order chi connectivity index (χ0) is 28.4. The number of piperidine rings is 1. The molecule has 2 fully saturated rings. The normalized spacial score (nSPS) is 20.5. The topological polar surface area (TPSA) is 151 Å². The molecule has 0 radical (unpaired) electrons. The van der Waals surface area contributed by atoms with E-state index < -0.39 is 31.6 Å². The van der Waals surface area contributed by atoms with Crippen LogP contribution in [0.4, 0.5) is 0 Å². The Kier molecular flexibility index (Phi) is 8.32. The van der Waals surface area contributed by atoms with Gasteiger partial charge in [-0.05, 0) is 55.2 Å². The first-order valence-electron chi connectivity index (χ1n) is 13.1. The minimum Gasteiger partial charge on any atom is -0.491 e. The van der Waals surface area contributed by atoms with E-state index in [9.17, 15) is 21.9 Å². The third-order valence-corrected chi connectivity index (χ3v) is 10.5. The smallest absolute Gasteiger partial charge is 0.243 e. The van der Waals surface area contributed by atoms with E-state index in [2.05, 4.69) is 15.5 Å². The lowest BCUT2D eigenvalue weighted by molar-refractivity contribution is -0.0312. The summed E-state index contributed by atoms with van der Waals surface area (Å²) >= 11 is 0. The van der Waals surface area contributed by atoms with Gasteiger partial charge in [0, 0.05) is 43.7 Å². The third kappa shape index (κ3) is 6.56. The summed E-state index contributed by atoms with van der Waals surface area (Å²) in [5.41, 5.74) is 1.22. The molecule has 0 saturated carbocycles. The highest BCUT2D eigenvalue weighted by atomic mass is 32.2. The van der Waals surface area contributed by atoms with Crippen molar-refractivity contribution in [2.24, 2.45) is 0 Å². The highest BCUT2D eigenvalue weighted by molar-refractivity contribution is 7.90. The van der Waals surface area contributed by atoms with Crippen LogP contribution >= 0.6 is 0 Å². The molecule has 1 spiro atoms. The van der Waals surface area contributed by atoms with Crippen LogP contribution in [0.3, 0.4) is 0 Å². The number of hydrogen-bond acceptors (Lipinski definition) is 9. The van der Waals surface area contributed by atoms with Gasteiger partial charge in [0.2, 0.25) is 10.0 Å². The quantitative estimate of drug-likeness (QED) is 0.321. The van der Waals surface area contributed by atoms with Gasteiger partial charge in [-0.1, -0.05) is 18.2 Å². The molecule has 3 aromatic rings. The molecule has 0 amide bonds. The van der Waals surface area contributed by atoms with Crippen LogP contribution in [0.5, 0.6) is 5.75 Å². The van der Waals surface area contributed by atoms with Gasteiger partial charge in [0.05, 0.1) is 28.2 Å². The highest BCUT2D eigenvalue weighted by Gasteiger charge is 2.44. The molecule has 2 atom stereocenters. The van der Waals surface area contributed by atoms with Crippen molar-refractivity contribution in [1.82, 2.24) is 19.8 Å². The van der Waals surface area contributed by atoms with Crippen molar-refractivity contribution in [3.05, 3.63) is 60.9 Å². The summed E-state index contributed by atoms with van der Waals surface area (Å²) in [7, 11) is -6.99. The molecule has 13 heteroatoms. The van der Waals surface area contributed by atoms with Gasteiger partial charge < -0.3 is 19.9 Å². The van der Waals surface area contributed by atoms with Gasteiger partial charge in [-0.2, -0.15) is 9.40 Å². The van der Waals surface area contributed by atoms with Gasteiger partial charge in [-0.25, -0.2) is 16.8 Å². The summed E-state index contributed by atoms with van der Waals surface area (Å²) < 4.78 is 63.5. The lowest BCUT2D eigenvalue weighted by Crippen LogP contribution is -2.47. The minimum absolute atomic E-state index is 0.00749. The van der Waals surface area contributed by atoms with E-state index in [1.54, 1.807) is 42.7 Å². The van der Waals surface area contributed by atoms with Crippen LogP contribution in [0.1, 0.15) is 19.3 Å². The van der Waals surface area contributed by atoms with Crippen molar-refractivity contribution in [3.63, 3.8) is 0 Å². The number of aliphatic hydroxyl groups excluding tert-OH is 1. The van der Waals surface area contributed by atoms with E-state index in [4.69, 9.17) is 9.47 Å². The second-order valence-electron chi connectivity index (χ2n) is 10.4. The van der Waals surface area contributed by atoms with Crippen LogP contribution in [0.25, 0.3) is 11.1 Å². The molecular formula is C27H34N4O7S2. The zero-order valence-electron chi connectivity index (χ0n) is 22.2. The third-order valence-electron chi connectivity index (χ3n) is 7.46. The molecule has 216 valence electrons. The van der Waals surface area contributed by atoms with E-state index in [-0.39, 0.29) is 29.0 Å². The molecule has 0 bridgehead atoms. The summed E-state index contributed by atoms with van der Waals surface area (Å²) in [5.74, 6) is 0.375. The van der Waals surface area contributed by atoms with Gasteiger partial charge in [-0.15, -0.1) is 0 Å². The number of aromatic nitrogens is 2. The van der Waals surface area contributed by atoms with Crippen molar-refractivity contribution in [1.29, 1.82) is 0 Å². The number of nitrogens with zero attached hydrogens (tertiary/aromatic N) is 2. The molecular weight excluding hydrogens is 556 g/mol. The zero-order valence-corrected chi connectivity index (χ0v) is 23.8. The molecule has 3 N–H and O–H groups in total. The highest BCUT2D eigenvalue weighted by Crippen LogP contribution is 2.37. The van der Waals surface area contributed by atoms with Crippen molar-refractivity contribution in [2.45, 2.75) is 46.8 Å². The molecule has 2 aliphatic rings. The van der Waals surface area contributed by atoms with E-state index >= 15 is 0 Å². The Morgan fingerprint density at radius 3 is 2.60 bits per heavy atom. The summed E-state index contributed by atoms with van der Waals surface area (Å²) in [5, 5.41) is 20.4. The van der Waals surface area contributed by atoms with Gasteiger partial charge in [-0.3, -0.25) is 5.10 Å². The average Bonchev–Trinajstić information content (AvgIpc) is 3.62.